The number of hydrogen-bond donors (Lipinski definition) is 1. The minimum Gasteiger partial charge on any atom is -1.00 e. The van der Waals surface area contributed by atoms with Crippen LogP contribution in [0.4, 0.5) is 0 Å². The molecular weight excluding hydrogens is 393 g/mol. The Kier molecular flexibility index (Phi) is 7.37. The summed E-state index contributed by atoms with van der Waals surface area (Å²) in [6, 6.07) is 6.05. The Balaban J connectivity index is 0.00000243. The maximum Gasteiger partial charge on any atom is 0.227 e. The molecule has 3 rings (SSSR count). The molecular formula is C19H26Cl3N3O. The predicted octanol–water partition coefficient (Wildman–Crippen LogP) is -1.05. The van der Waals surface area contributed by atoms with Crippen molar-refractivity contribution in [1.29, 1.82) is 0 Å². The second-order valence-corrected chi connectivity index (χ2v) is 8.69. The summed E-state index contributed by atoms with van der Waals surface area (Å²) >= 11 is 11.6. The molecule has 26 heavy (non-hydrogen) atoms. The zero-order valence-electron chi connectivity index (χ0n) is 15.2. The zero-order chi connectivity index (χ0) is 18.0. The van der Waals surface area contributed by atoms with Crippen molar-refractivity contribution in [1.82, 2.24) is 9.88 Å². The Hall–Kier alpha value is -0.810. The fraction of sp³-hybridized carbons (Fsp3) is 0.579. The highest BCUT2D eigenvalue weighted by Gasteiger charge is 2.61. The molecule has 1 aliphatic heterocycles. The summed E-state index contributed by atoms with van der Waals surface area (Å²) in [6.07, 6.45) is 4.65. The molecule has 7 heteroatoms. The van der Waals surface area contributed by atoms with Crippen molar-refractivity contribution >= 4 is 29.1 Å². The number of allylic oxidation sites excluding steroid dienone is 1. The number of aromatic nitrogens is 1. The van der Waals surface area contributed by atoms with Gasteiger partial charge >= 0.3 is 0 Å². The standard InChI is InChI=1S/C19H25Cl2N3O.ClH/c1-19(2)15(13-16(20)21)17(19)18(25)24-11-9-23(10-12-24)8-6-14-5-3-4-7-22-14;/h3-5,7,13,15,17H,6,8-12H2,1-2H3;1H. The molecule has 0 bridgehead atoms. The topological polar surface area (TPSA) is 37.6 Å². The lowest BCUT2D eigenvalue weighted by Crippen LogP contribution is -3.15. The first-order chi connectivity index (χ1) is 11.9. The molecule has 2 atom stereocenters. The fourth-order valence-electron chi connectivity index (χ4n) is 3.94. The Labute approximate surface area is 171 Å². The van der Waals surface area contributed by atoms with Gasteiger partial charge < -0.3 is 22.2 Å². The van der Waals surface area contributed by atoms with Crippen LogP contribution in [0.25, 0.3) is 0 Å². The molecule has 0 radical (unpaired) electrons. The average molecular weight is 419 g/mol. The summed E-state index contributed by atoms with van der Waals surface area (Å²) in [7, 11) is 0. The van der Waals surface area contributed by atoms with Gasteiger partial charge in [-0.25, -0.2) is 0 Å². The lowest BCUT2D eigenvalue weighted by molar-refractivity contribution is -0.903. The molecule has 2 fully saturated rings. The van der Waals surface area contributed by atoms with Gasteiger partial charge in [-0.2, -0.15) is 0 Å². The molecule has 1 saturated heterocycles. The summed E-state index contributed by atoms with van der Waals surface area (Å²) in [5, 5.41) is 0. The van der Waals surface area contributed by atoms with Crippen LogP contribution in [-0.4, -0.2) is 48.5 Å². The minimum atomic E-state index is -0.0465. The SMILES string of the molecule is CC1(C)C(C=C(Cl)Cl)C1C(=O)N1CC[NH+](CCc2ccccn2)CC1.[Cl-]. The van der Waals surface area contributed by atoms with E-state index in [1.807, 2.05) is 29.3 Å². The van der Waals surface area contributed by atoms with Crippen LogP contribution in [0.1, 0.15) is 19.5 Å². The smallest absolute Gasteiger partial charge is 0.227 e. The van der Waals surface area contributed by atoms with Gasteiger partial charge in [0.1, 0.15) is 4.49 Å². The molecule has 4 nitrogen and oxygen atoms in total. The first-order valence-corrected chi connectivity index (χ1v) is 9.70. The van der Waals surface area contributed by atoms with E-state index in [4.69, 9.17) is 23.2 Å². The summed E-state index contributed by atoms with van der Waals surface area (Å²) in [4.78, 5) is 20.8. The highest BCUT2D eigenvalue weighted by atomic mass is 35.5. The predicted molar refractivity (Wildman–Crippen MR) is 101 cm³/mol. The molecule has 0 spiro atoms. The van der Waals surface area contributed by atoms with Crippen molar-refractivity contribution in [3.8, 4) is 0 Å². The first-order valence-electron chi connectivity index (χ1n) is 8.94. The van der Waals surface area contributed by atoms with Crippen molar-refractivity contribution < 1.29 is 22.1 Å². The molecule has 0 aromatic carbocycles. The van der Waals surface area contributed by atoms with Crippen molar-refractivity contribution in [3.05, 3.63) is 40.7 Å². The Morgan fingerprint density at radius 3 is 2.62 bits per heavy atom. The van der Waals surface area contributed by atoms with Gasteiger partial charge in [0.25, 0.3) is 0 Å². The van der Waals surface area contributed by atoms with Gasteiger partial charge in [-0.15, -0.1) is 0 Å². The van der Waals surface area contributed by atoms with Crippen molar-refractivity contribution in [2.45, 2.75) is 20.3 Å². The zero-order valence-corrected chi connectivity index (χ0v) is 17.5. The number of rotatable bonds is 5. The van der Waals surface area contributed by atoms with E-state index in [-0.39, 0.29) is 40.1 Å². The van der Waals surface area contributed by atoms with E-state index in [9.17, 15) is 4.79 Å². The summed E-state index contributed by atoms with van der Waals surface area (Å²) < 4.78 is 0.261. The van der Waals surface area contributed by atoms with Crippen LogP contribution < -0.4 is 17.3 Å². The largest absolute Gasteiger partial charge is 1.00 e. The number of nitrogens with one attached hydrogen (secondary N) is 1. The van der Waals surface area contributed by atoms with Crippen LogP contribution >= 0.6 is 23.2 Å². The molecule has 1 aliphatic carbocycles. The van der Waals surface area contributed by atoms with Crippen LogP contribution in [0.2, 0.25) is 0 Å². The second-order valence-electron chi connectivity index (χ2n) is 7.68. The number of piperazine rings is 1. The van der Waals surface area contributed by atoms with E-state index in [0.29, 0.717) is 0 Å². The quantitative estimate of drug-likeness (QED) is 0.662. The highest BCUT2D eigenvalue weighted by molar-refractivity contribution is 6.55. The van der Waals surface area contributed by atoms with Gasteiger partial charge in [0, 0.05) is 18.3 Å². The number of nitrogens with zero attached hydrogens (tertiary/aromatic N) is 2. The van der Waals surface area contributed by atoms with E-state index in [2.05, 4.69) is 24.9 Å². The Morgan fingerprint density at radius 2 is 2.04 bits per heavy atom. The van der Waals surface area contributed by atoms with Crippen molar-refractivity contribution in [2.75, 3.05) is 32.7 Å². The third-order valence-electron chi connectivity index (χ3n) is 5.73. The third-order valence-corrected chi connectivity index (χ3v) is 5.98. The molecule has 1 N–H and O–H groups in total. The highest BCUT2D eigenvalue weighted by Crippen LogP contribution is 2.60. The Bertz CT molecular complexity index is 639. The van der Waals surface area contributed by atoms with Crippen LogP contribution in [-0.2, 0) is 11.2 Å². The summed E-state index contributed by atoms with van der Waals surface area (Å²) in [6.45, 7) is 8.96. The van der Waals surface area contributed by atoms with E-state index >= 15 is 0 Å². The normalized spacial score (nSPS) is 24.5. The van der Waals surface area contributed by atoms with E-state index in [0.717, 1.165) is 44.8 Å². The van der Waals surface area contributed by atoms with E-state index in [1.165, 1.54) is 0 Å². The Morgan fingerprint density at radius 1 is 1.35 bits per heavy atom. The number of pyridine rings is 1. The number of halogens is 3. The fourth-order valence-corrected chi connectivity index (χ4v) is 4.21. The van der Waals surface area contributed by atoms with Gasteiger partial charge in [-0.05, 0) is 29.5 Å². The number of carbonyl (C=O) groups is 1. The van der Waals surface area contributed by atoms with Crippen molar-refractivity contribution in [3.63, 3.8) is 0 Å². The maximum atomic E-state index is 12.8. The summed E-state index contributed by atoms with van der Waals surface area (Å²) in [5.74, 6) is 0.416. The van der Waals surface area contributed by atoms with E-state index in [1.54, 1.807) is 4.90 Å². The van der Waals surface area contributed by atoms with Gasteiger partial charge in [-0.3, -0.25) is 9.78 Å². The molecule has 144 valence electrons. The molecule has 2 aliphatic rings. The van der Waals surface area contributed by atoms with E-state index < -0.39 is 0 Å². The molecule has 1 aromatic rings. The molecule has 1 saturated carbocycles. The molecule has 2 heterocycles. The molecule has 2 unspecified atom stereocenters. The molecule has 1 amide bonds. The number of hydrogen-bond acceptors (Lipinski definition) is 2. The minimum absolute atomic E-state index is 0. The lowest BCUT2D eigenvalue weighted by Gasteiger charge is -2.32. The van der Waals surface area contributed by atoms with Gasteiger partial charge in [0.05, 0.1) is 38.6 Å². The van der Waals surface area contributed by atoms with Gasteiger partial charge in [0.15, 0.2) is 0 Å². The van der Waals surface area contributed by atoms with Crippen LogP contribution in [0.15, 0.2) is 35.0 Å². The second kappa shape index (κ2) is 8.92. The number of amides is 1. The first kappa shape index (κ1) is 21.5. The van der Waals surface area contributed by atoms with Gasteiger partial charge in [-0.1, -0.05) is 43.1 Å². The maximum absolute atomic E-state index is 12.8. The molecule has 1 aromatic heterocycles. The van der Waals surface area contributed by atoms with Crippen LogP contribution in [0, 0.1) is 17.3 Å². The third kappa shape index (κ3) is 4.92. The van der Waals surface area contributed by atoms with Crippen LogP contribution in [0.3, 0.4) is 0 Å². The van der Waals surface area contributed by atoms with Gasteiger partial charge in [0.2, 0.25) is 5.91 Å². The van der Waals surface area contributed by atoms with Crippen LogP contribution in [0.5, 0.6) is 0 Å². The number of quaternary nitrogens is 1. The summed E-state index contributed by atoms with van der Waals surface area (Å²) in [5.41, 5.74) is 1.09. The lowest BCUT2D eigenvalue weighted by atomic mass is 10.1. The average Bonchev–Trinajstić information content (AvgIpc) is 3.13. The monoisotopic (exact) mass is 417 g/mol. The van der Waals surface area contributed by atoms with Crippen molar-refractivity contribution in [2.24, 2.45) is 17.3 Å². The number of carbonyl (C=O) groups excluding carboxylic acids is 1.